The Labute approximate surface area is 211 Å². The molecule has 1 aromatic carbocycles. The number of amides is 1. The van der Waals surface area contributed by atoms with Crippen LogP contribution < -0.4 is 5.32 Å². The fraction of sp³-hybridized carbons (Fsp3) is 0.630. The molecule has 0 spiro atoms. The number of ether oxygens (including phenoxy) is 1. The predicted molar refractivity (Wildman–Crippen MR) is 135 cm³/mol. The summed E-state index contributed by atoms with van der Waals surface area (Å²) < 4.78 is 7.18. The first-order chi connectivity index (χ1) is 16.8. The average molecular weight is 497 g/mol. The maximum absolute atomic E-state index is 13.5. The molecule has 4 bridgehead atoms. The molecule has 7 nitrogen and oxygen atoms in total. The van der Waals surface area contributed by atoms with Crippen LogP contribution >= 0.6 is 11.8 Å². The molecule has 0 unspecified atom stereocenters. The zero-order chi connectivity index (χ0) is 24.7. The zero-order valence-electron chi connectivity index (χ0n) is 21.2. The molecule has 1 amide bonds. The van der Waals surface area contributed by atoms with Crippen LogP contribution in [0.15, 0.2) is 23.4 Å². The van der Waals surface area contributed by atoms with Gasteiger partial charge in [-0.2, -0.15) is 0 Å². The molecule has 1 heterocycles. The smallest absolute Gasteiger partial charge is 0.319 e. The molecule has 6 rings (SSSR count). The van der Waals surface area contributed by atoms with Crippen LogP contribution in [0.3, 0.4) is 0 Å². The van der Waals surface area contributed by atoms with E-state index in [1.165, 1.54) is 31.0 Å². The Morgan fingerprint density at radius 3 is 2.43 bits per heavy atom. The Kier molecular flexibility index (Phi) is 6.68. The van der Waals surface area contributed by atoms with Crippen molar-refractivity contribution in [3.05, 3.63) is 35.2 Å². The van der Waals surface area contributed by atoms with Gasteiger partial charge in [-0.3, -0.25) is 14.2 Å². The number of thioether (sulfide) groups is 1. The molecule has 4 fully saturated rings. The number of esters is 1. The summed E-state index contributed by atoms with van der Waals surface area (Å²) in [6, 6.07) is 6.12. The monoisotopic (exact) mass is 496 g/mol. The Bertz CT molecular complexity index is 1090. The highest BCUT2D eigenvalue weighted by Crippen LogP contribution is 2.60. The largest absolute Gasteiger partial charge is 0.465 e. The van der Waals surface area contributed by atoms with E-state index in [1.807, 2.05) is 23.6 Å². The quantitative estimate of drug-likeness (QED) is 0.419. The van der Waals surface area contributed by atoms with Gasteiger partial charge in [0.1, 0.15) is 5.25 Å². The maximum Gasteiger partial charge on any atom is 0.319 e. The Hall–Kier alpha value is -2.35. The van der Waals surface area contributed by atoms with E-state index in [0.29, 0.717) is 24.1 Å². The summed E-state index contributed by atoms with van der Waals surface area (Å²) in [6.07, 6.45) is 7.04. The highest BCUT2D eigenvalue weighted by Gasteiger charge is 2.54. The summed E-state index contributed by atoms with van der Waals surface area (Å²) in [5.74, 6) is 2.75. The second-order valence-electron chi connectivity index (χ2n) is 10.8. The molecule has 35 heavy (non-hydrogen) atoms. The summed E-state index contributed by atoms with van der Waals surface area (Å²) in [5.41, 5.74) is 3.04. The molecular formula is C27H36N4O3S. The average Bonchev–Trinajstić information content (AvgIpc) is 3.20. The van der Waals surface area contributed by atoms with Gasteiger partial charge in [-0.05, 0) is 101 Å². The summed E-state index contributed by atoms with van der Waals surface area (Å²) in [4.78, 5) is 25.8. The van der Waals surface area contributed by atoms with Crippen molar-refractivity contribution in [2.45, 2.75) is 83.2 Å². The van der Waals surface area contributed by atoms with Gasteiger partial charge in [0.25, 0.3) is 0 Å². The van der Waals surface area contributed by atoms with Crippen molar-refractivity contribution in [1.29, 1.82) is 0 Å². The second kappa shape index (κ2) is 9.60. The van der Waals surface area contributed by atoms with Crippen molar-refractivity contribution in [3.63, 3.8) is 0 Å². The highest BCUT2D eigenvalue weighted by molar-refractivity contribution is 8.00. The number of carbonyl (C=O) groups excluding carboxylic acids is 2. The third-order valence-electron chi connectivity index (χ3n) is 8.34. The van der Waals surface area contributed by atoms with Crippen molar-refractivity contribution in [3.8, 4) is 5.69 Å². The van der Waals surface area contributed by atoms with Gasteiger partial charge < -0.3 is 10.1 Å². The van der Waals surface area contributed by atoms with Crippen molar-refractivity contribution in [2.75, 3.05) is 6.61 Å². The summed E-state index contributed by atoms with van der Waals surface area (Å²) >= 11 is 1.33. The first-order valence-electron chi connectivity index (χ1n) is 12.9. The maximum atomic E-state index is 13.5. The second-order valence-corrected chi connectivity index (χ2v) is 12.2. The number of hydrogen-bond acceptors (Lipinski definition) is 6. The number of nitrogens with one attached hydrogen (secondary N) is 1. The molecule has 0 radical (unpaired) electrons. The minimum atomic E-state index is -0.419. The van der Waals surface area contributed by atoms with Gasteiger partial charge >= 0.3 is 5.97 Å². The number of rotatable bonds is 8. The minimum absolute atomic E-state index is 0.182. The molecule has 0 saturated heterocycles. The lowest BCUT2D eigenvalue weighted by Gasteiger charge is -2.55. The molecule has 1 aromatic heterocycles. The first-order valence-corrected chi connectivity index (χ1v) is 13.8. The van der Waals surface area contributed by atoms with Gasteiger partial charge in [0, 0.05) is 5.41 Å². The predicted octanol–water partition coefficient (Wildman–Crippen LogP) is 4.76. The molecule has 188 valence electrons. The van der Waals surface area contributed by atoms with Crippen LogP contribution in [0.5, 0.6) is 0 Å². The molecule has 4 saturated carbocycles. The molecule has 4 aliphatic rings. The topological polar surface area (TPSA) is 86.1 Å². The van der Waals surface area contributed by atoms with E-state index < -0.39 is 5.25 Å². The van der Waals surface area contributed by atoms with Gasteiger partial charge in [-0.1, -0.05) is 23.9 Å². The van der Waals surface area contributed by atoms with Crippen molar-refractivity contribution in [1.82, 2.24) is 20.1 Å². The summed E-state index contributed by atoms with van der Waals surface area (Å²) in [6.45, 7) is 8.43. The van der Waals surface area contributed by atoms with Crippen LogP contribution in [0.1, 0.15) is 69.3 Å². The first kappa shape index (κ1) is 24.3. The molecule has 4 aliphatic carbocycles. The van der Waals surface area contributed by atoms with E-state index in [2.05, 4.69) is 35.4 Å². The lowest BCUT2D eigenvalue weighted by Crippen LogP contribution is -2.53. The van der Waals surface area contributed by atoms with E-state index in [1.54, 1.807) is 6.92 Å². The van der Waals surface area contributed by atoms with E-state index in [0.717, 1.165) is 53.8 Å². The molecule has 0 aliphatic heterocycles. The lowest BCUT2D eigenvalue weighted by molar-refractivity contribution is -0.146. The van der Waals surface area contributed by atoms with Crippen molar-refractivity contribution < 1.29 is 14.3 Å². The zero-order valence-corrected chi connectivity index (χ0v) is 22.0. The van der Waals surface area contributed by atoms with Crippen molar-refractivity contribution >= 4 is 23.6 Å². The third-order valence-corrected chi connectivity index (χ3v) is 9.37. The molecular weight excluding hydrogens is 460 g/mol. The van der Waals surface area contributed by atoms with E-state index in [9.17, 15) is 9.59 Å². The lowest BCUT2D eigenvalue weighted by atomic mass is 9.49. The van der Waals surface area contributed by atoms with Crippen molar-refractivity contribution in [2.24, 2.45) is 23.2 Å². The van der Waals surface area contributed by atoms with Gasteiger partial charge in [0.05, 0.1) is 18.8 Å². The van der Waals surface area contributed by atoms with E-state index >= 15 is 0 Å². The minimum Gasteiger partial charge on any atom is -0.465 e. The molecule has 1 N–H and O–H groups in total. The number of carbonyl (C=O) groups is 2. The Morgan fingerprint density at radius 2 is 1.80 bits per heavy atom. The number of nitrogens with zero attached hydrogens (tertiary/aromatic N) is 3. The standard InChI is InChI=1S/C27H36N4O3S/c1-5-34-24(32)18(4)35-26-30-29-23(31(26)22-8-6-7-16(2)17(22)3)15-28-25(33)27-12-19-9-20(13-27)11-21(10-19)14-27/h6-8,18-21H,5,9-15H2,1-4H3,(H,28,33)/t18-,19?,20?,21?,27?/m0/s1. The van der Waals surface area contributed by atoms with E-state index in [-0.39, 0.29) is 17.3 Å². The number of aromatic nitrogens is 3. The number of aryl methyl sites for hydroxylation is 1. The molecule has 8 heteroatoms. The van der Waals surface area contributed by atoms with Crippen LogP contribution in [-0.4, -0.2) is 38.5 Å². The van der Waals surface area contributed by atoms with Gasteiger partial charge in [-0.25, -0.2) is 0 Å². The van der Waals surface area contributed by atoms with Crippen LogP contribution in [0.4, 0.5) is 0 Å². The summed E-state index contributed by atoms with van der Waals surface area (Å²) in [7, 11) is 0. The Balaban J connectivity index is 1.39. The van der Waals surface area contributed by atoms with Gasteiger partial charge in [0.2, 0.25) is 5.91 Å². The highest BCUT2D eigenvalue weighted by atomic mass is 32.2. The third kappa shape index (κ3) is 4.61. The fourth-order valence-electron chi connectivity index (χ4n) is 6.91. The van der Waals surface area contributed by atoms with Crippen LogP contribution in [-0.2, 0) is 20.9 Å². The van der Waals surface area contributed by atoms with E-state index in [4.69, 9.17) is 4.74 Å². The van der Waals surface area contributed by atoms with Crippen LogP contribution in [0.2, 0.25) is 0 Å². The number of hydrogen-bond donors (Lipinski definition) is 1. The van der Waals surface area contributed by atoms with Crippen LogP contribution in [0.25, 0.3) is 5.69 Å². The molecule has 1 atom stereocenters. The van der Waals surface area contributed by atoms with Crippen LogP contribution in [0, 0.1) is 37.0 Å². The fourth-order valence-corrected chi connectivity index (χ4v) is 7.79. The summed E-state index contributed by atoms with van der Waals surface area (Å²) in [5, 5.41) is 12.3. The Morgan fingerprint density at radius 1 is 1.14 bits per heavy atom. The molecule has 2 aromatic rings. The van der Waals surface area contributed by atoms with Gasteiger partial charge in [-0.15, -0.1) is 10.2 Å². The normalized spacial score (nSPS) is 27.6. The number of benzene rings is 1. The van der Waals surface area contributed by atoms with Gasteiger partial charge in [0.15, 0.2) is 11.0 Å². The SMILES string of the molecule is CCOC(=O)[C@H](C)Sc1nnc(CNC(=O)C23CC4CC(CC(C4)C2)C3)n1-c1cccc(C)c1C.